The molecule has 2 aromatic carbocycles. The third-order valence-corrected chi connectivity index (χ3v) is 2.65. The normalized spacial score (nSPS) is 11.0. The summed E-state index contributed by atoms with van der Waals surface area (Å²) in [7, 11) is -4.38. The van der Waals surface area contributed by atoms with Gasteiger partial charge in [-0.15, -0.1) is 0 Å². The van der Waals surface area contributed by atoms with E-state index in [1.807, 2.05) is 10.9 Å². The van der Waals surface area contributed by atoms with E-state index in [1.165, 1.54) is 0 Å². The van der Waals surface area contributed by atoms with Crippen LogP contribution in [-0.4, -0.2) is 13.0 Å². The summed E-state index contributed by atoms with van der Waals surface area (Å²) in [6.45, 7) is 0. The third-order valence-electron chi connectivity index (χ3n) is 2.24. The summed E-state index contributed by atoms with van der Waals surface area (Å²) in [5.74, 6) is 0. The summed E-state index contributed by atoms with van der Waals surface area (Å²) in [5, 5.41) is 1.12. The second-order valence-corrected chi connectivity index (χ2v) is 4.85. The first-order valence-corrected chi connectivity index (χ1v) is 6.90. The molecule has 7 heteroatoms. The third kappa shape index (κ3) is 4.25. The second-order valence-electron chi connectivity index (χ2n) is 3.72. The number of hydrogen-bond acceptors (Lipinski definition) is 4. The lowest BCUT2D eigenvalue weighted by Crippen LogP contribution is -2.45. The molecule has 0 saturated carbocycles. The van der Waals surface area contributed by atoms with E-state index in [0.29, 0.717) is 11.4 Å². The Balaban J connectivity index is 2.25. The number of hydrogen-bond donors (Lipinski definition) is 3. The van der Waals surface area contributed by atoms with E-state index >= 15 is 0 Å². The average molecular weight is 279 g/mol. The maximum absolute atomic E-state index is 11.0. The number of nitrogens with one attached hydrogen (secondary N) is 2. The molecule has 3 N–H and O–H groups in total. The molecular formula is C12H13N3O3S. The Kier molecular flexibility index (Phi) is 4.00. The maximum atomic E-state index is 11.0. The lowest BCUT2D eigenvalue weighted by atomic mass is 10.3. The van der Waals surface area contributed by atoms with Crippen LogP contribution in [0.2, 0.25) is 0 Å². The highest BCUT2D eigenvalue weighted by Crippen LogP contribution is 2.14. The minimum atomic E-state index is -4.38. The second kappa shape index (κ2) is 5.70. The molecule has 0 aliphatic carbocycles. The van der Waals surface area contributed by atoms with Gasteiger partial charge in [0.25, 0.3) is 0 Å². The number of hydrazine groups is 2. The van der Waals surface area contributed by atoms with Crippen molar-refractivity contribution in [1.29, 1.82) is 0 Å². The quantitative estimate of drug-likeness (QED) is 0.574. The zero-order valence-electron chi connectivity index (χ0n) is 9.89. The van der Waals surface area contributed by atoms with Gasteiger partial charge in [-0.2, -0.15) is 8.42 Å². The van der Waals surface area contributed by atoms with Crippen LogP contribution in [0, 0.1) is 0 Å². The number of nitrogens with zero attached hydrogens (tertiary/aromatic N) is 1. The Morgan fingerprint density at radius 2 is 1.42 bits per heavy atom. The Morgan fingerprint density at radius 1 is 0.895 bits per heavy atom. The van der Waals surface area contributed by atoms with Gasteiger partial charge in [0.2, 0.25) is 0 Å². The molecule has 0 atom stereocenters. The molecule has 0 fully saturated rings. The molecule has 0 aromatic heterocycles. The van der Waals surface area contributed by atoms with Crippen molar-refractivity contribution in [1.82, 2.24) is 4.83 Å². The topological polar surface area (TPSA) is 81.7 Å². The monoisotopic (exact) mass is 279 g/mol. The van der Waals surface area contributed by atoms with E-state index in [0.717, 1.165) is 5.12 Å². The van der Waals surface area contributed by atoms with Crippen molar-refractivity contribution in [3.05, 3.63) is 60.7 Å². The Labute approximate surface area is 111 Å². The van der Waals surface area contributed by atoms with E-state index in [-0.39, 0.29) is 0 Å². The van der Waals surface area contributed by atoms with Gasteiger partial charge < -0.3 is 0 Å². The van der Waals surface area contributed by atoms with Crippen molar-refractivity contribution < 1.29 is 13.0 Å². The molecule has 0 aliphatic heterocycles. The zero-order valence-corrected chi connectivity index (χ0v) is 10.7. The molecule has 2 rings (SSSR count). The first kappa shape index (κ1) is 13.3. The smallest absolute Gasteiger partial charge is 0.283 e. The van der Waals surface area contributed by atoms with Gasteiger partial charge in [-0.3, -0.25) is 9.98 Å². The molecule has 0 amide bonds. The fourth-order valence-electron chi connectivity index (χ4n) is 1.47. The van der Waals surface area contributed by atoms with Crippen molar-refractivity contribution >= 4 is 21.7 Å². The summed E-state index contributed by atoms with van der Waals surface area (Å²) in [6, 6.07) is 17.7. The van der Waals surface area contributed by atoms with Crippen molar-refractivity contribution in [3.63, 3.8) is 0 Å². The largest absolute Gasteiger partial charge is 0.352 e. The molecule has 0 unspecified atom stereocenters. The van der Waals surface area contributed by atoms with Crippen molar-refractivity contribution in [3.8, 4) is 0 Å². The van der Waals surface area contributed by atoms with Crippen LogP contribution in [0.1, 0.15) is 0 Å². The maximum Gasteiger partial charge on any atom is 0.352 e. The minimum absolute atomic E-state index is 0.531. The summed E-state index contributed by atoms with van der Waals surface area (Å²) in [6.07, 6.45) is 0. The molecule has 0 heterocycles. The molecule has 0 bridgehead atoms. The minimum Gasteiger partial charge on any atom is -0.283 e. The van der Waals surface area contributed by atoms with Crippen LogP contribution >= 0.6 is 0 Å². The Bertz CT molecular complexity index is 617. The summed E-state index contributed by atoms with van der Waals surface area (Å²) in [5.41, 5.74) is 4.04. The lowest BCUT2D eigenvalue weighted by molar-refractivity contribution is 0.466. The highest BCUT2D eigenvalue weighted by molar-refractivity contribution is 7.83. The first-order chi connectivity index (χ1) is 9.04. The van der Waals surface area contributed by atoms with Gasteiger partial charge in [0, 0.05) is 0 Å². The number of rotatable bonds is 5. The highest BCUT2D eigenvalue weighted by atomic mass is 32.2. The predicted molar refractivity (Wildman–Crippen MR) is 73.7 cm³/mol. The van der Waals surface area contributed by atoms with Gasteiger partial charge in [-0.25, -0.2) is 5.12 Å². The summed E-state index contributed by atoms with van der Waals surface area (Å²) >= 11 is 0. The molecule has 0 spiro atoms. The van der Waals surface area contributed by atoms with Crippen molar-refractivity contribution in [2.75, 3.05) is 10.5 Å². The fourth-order valence-corrected chi connectivity index (χ4v) is 1.86. The molecule has 0 radical (unpaired) electrons. The molecule has 6 nitrogen and oxygen atoms in total. The molecular weight excluding hydrogens is 266 g/mol. The van der Waals surface area contributed by atoms with Crippen LogP contribution in [-0.2, 0) is 10.3 Å². The Hall–Kier alpha value is -2.09. The SMILES string of the molecule is O=S(=O)(O)NN(Nc1ccccc1)c1ccccc1. The van der Waals surface area contributed by atoms with E-state index in [9.17, 15) is 8.42 Å². The van der Waals surface area contributed by atoms with Crippen molar-refractivity contribution in [2.45, 2.75) is 0 Å². The Morgan fingerprint density at radius 3 is 1.95 bits per heavy atom. The molecule has 19 heavy (non-hydrogen) atoms. The van der Waals surface area contributed by atoms with Gasteiger partial charge in [0.15, 0.2) is 0 Å². The number of para-hydroxylation sites is 2. The zero-order chi connectivity index (χ0) is 13.7. The van der Waals surface area contributed by atoms with E-state index in [4.69, 9.17) is 4.55 Å². The molecule has 0 aliphatic rings. The van der Waals surface area contributed by atoms with Gasteiger partial charge >= 0.3 is 10.3 Å². The number of anilines is 2. The molecule has 2 aromatic rings. The van der Waals surface area contributed by atoms with Crippen LogP contribution in [0.4, 0.5) is 11.4 Å². The van der Waals surface area contributed by atoms with Crippen LogP contribution in [0.25, 0.3) is 0 Å². The van der Waals surface area contributed by atoms with E-state index < -0.39 is 10.3 Å². The van der Waals surface area contributed by atoms with E-state index in [2.05, 4.69) is 5.43 Å². The molecule has 0 saturated heterocycles. The average Bonchev–Trinajstić information content (AvgIpc) is 2.39. The van der Waals surface area contributed by atoms with Gasteiger partial charge in [0.1, 0.15) is 0 Å². The first-order valence-electron chi connectivity index (χ1n) is 5.46. The van der Waals surface area contributed by atoms with Crippen molar-refractivity contribution in [2.24, 2.45) is 0 Å². The van der Waals surface area contributed by atoms with Gasteiger partial charge in [0.05, 0.1) is 11.4 Å². The highest BCUT2D eigenvalue weighted by Gasteiger charge is 2.12. The fraction of sp³-hybridized carbons (Fsp3) is 0. The lowest BCUT2D eigenvalue weighted by Gasteiger charge is -2.24. The standard InChI is InChI=1S/C12H13N3O3S/c16-19(17,18)14-15(12-9-5-2-6-10-12)13-11-7-3-1-4-8-11/h1-10,13-14H,(H,16,17,18). The van der Waals surface area contributed by atoms with Crippen LogP contribution < -0.4 is 15.4 Å². The number of benzene rings is 2. The molecule has 100 valence electrons. The van der Waals surface area contributed by atoms with E-state index in [1.54, 1.807) is 54.6 Å². The van der Waals surface area contributed by atoms with Crippen LogP contribution in [0.15, 0.2) is 60.7 Å². The van der Waals surface area contributed by atoms with Crippen LogP contribution in [0.3, 0.4) is 0 Å². The predicted octanol–water partition coefficient (Wildman–Crippen LogP) is 1.83. The van der Waals surface area contributed by atoms with Crippen LogP contribution in [0.5, 0.6) is 0 Å². The van der Waals surface area contributed by atoms with Gasteiger partial charge in [-0.05, 0) is 24.3 Å². The summed E-state index contributed by atoms with van der Waals surface area (Å²) < 4.78 is 30.8. The van der Waals surface area contributed by atoms with Gasteiger partial charge in [-0.1, -0.05) is 41.2 Å². The summed E-state index contributed by atoms with van der Waals surface area (Å²) in [4.78, 5) is 1.97.